The van der Waals surface area contributed by atoms with Crippen LogP contribution in [0, 0.1) is 0 Å². The van der Waals surface area contributed by atoms with Crippen molar-refractivity contribution in [2.45, 2.75) is 13.1 Å². The van der Waals surface area contributed by atoms with E-state index in [1.165, 1.54) is 8.88 Å². The first-order chi connectivity index (χ1) is 11.0. The maximum absolute atomic E-state index is 6.66. The molecule has 1 heterocycles. The van der Waals surface area contributed by atoms with Crippen molar-refractivity contribution in [1.29, 1.82) is 0 Å². The van der Waals surface area contributed by atoms with E-state index in [2.05, 4.69) is 0 Å². The molecular weight excluding hydrogens is 471 g/mol. The summed E-state index contributed by atoms with van der Waals surface area (Å²) < 4.78 is 2.95. The Morgan fingerprint density at radius 2 is 0.833 bits per heavy atom. The van der Waals surface area contributed by atoms with Crippen LogP contribution in [-0.2, 0) is 13.1 Å². The molecule has 1 fully saturated rings. The third-order valence-corrected chi connectivity index (χ3v) is 21.8. The molecule has 1 aliphatic heterocycles. The Balaban J connectivity index is 1.94. The fourth-order valence-corrected chi connectivity index (χ4v) is 30.6. The van der Waals surface area contributed by atoms with Gasteiger partial charge in [-0.1, -0.05) is 0 Å². The molecule has 0 unspecified atom stereocenters. The molecule has 0 aliphatic carbocycles. The second kappa shape index (κ2) is 6.25. The van der Waals surface area contributed by atoms with Crippen LogP contribution < -0.4 is 0 Å². The van der Waals surface area contributed by atoms with Gasteiger partial charge in [0.1, 0.15) is 0 Å². The molecule has 0 spiro atoms. The molecular formula is C14H14Cl6N2P2. The van der Waals surface area contributed by atoms with E-state index in [0.717, 1.165) is 11.1 Å². The predicted molar refractivity (Wildman–Crippen MR) is 113 cm³/mol. The van der Waals surface area contributed by atoms with E-state index in [1.807, 2.05) is 60.7 Å². The third kappa shape index (κ3) is 3.41. The van der Waals surface area contributed by atoms with Crippen LogP contribution in [0.15, 0.2) is 60.7 Å². The molecule has 132 valence electrons. The van der Waals surface area contributed by atoms with Gasteiger partial charge in [0.15, 0.2) is 0 Å². The van der Waals surface area contributed by atoms with Gasteiger partial charge >= 0.3 is 171 Å². The summed E-state index contributed by atoms with van der Waals surface area (Å²) in [6.45, 7) is 0.545. The zero-order valence-corrected chi connectivity index (χ0v) is 18.6. The van der Waals surface area contributed by atoms with Gasteiger partial charge in [-0.2, -0.15) is 0 Å². The fraction of sp³-hybridized carbons (Fsp3) is 0.143. The van der Waals surface area contributed by atoms with Crippen molar-refractivity contribution in [3.8, 4) is 0 Å². The summed E-state index contributed by atoms with van der Waals surface area (Å²) in [6, 6.07) is 19.0. The second-order valence-corrected chi connectivity index (χ2v) is 25.6. The normalized spacial score (nSPS) is 27.8. The van der Waals surface area contributed by atoms with Gasteiger partial charge in [0.05, 0.1) is 0 Å². The van der Waals surface area contributed by atoms with Crippen molar-refractivity contribution in [1.82, 2.24) is 8.88 Å². The minimum absolute atomic E-state index is 0.273. The van der Waals surface area contributed by atoms with Gasteiger partial charge in [0.25, 0.3) is 0 Å². The zero-order valence-electron chi connectivity index (χ0n) is 12.2. The minimum atomic E-state index is -4.02. The van der Waals surface area contributed by atoms with Crippen molar-refractivity contribution < 1.29 is 0 Å². The average molecular weight is 485 g/mol. The summed E-state index contributed by atoms with van der Waals surface area (Å²) in [6.07, 6.45) is 0. The summed E-state index contributed by atoms with van der Waals surface area (Å²) in [5, 5.41) is 0. The van der Waals surface area contributed by atoms with Crippen molar-refractivity contribution in [3.05, 3.63) is 71.8 Å². The topological polar surface area (TPSA) is 6.48 Å². The SMILES string of the molecule is ClP1(Cl)(Cl)N(Cc2ccccc2)P(Cl)(Cl)(Cl)N1Cc1ccccc1. The van der Waals surface area contributed by atoms with E-state index in [-0.39, 0.29) is 13.1 Å². The van der Waals surface area contributed by atoms with E-state index in [9.17, 15) is 0 Å². The maximum atomic E-state index is 6.66. The van der Waals surface area contributed by atoms with Crippen LogP contribution in [0.4, 0.5) is 0 Å². The van der Waals surface area contributed by atoms with E-state index < -0.39 is 9.93 Å². The number of benzene rings is 2. The first-order valence-electron chi connectivity index (χ1n) is 6.98. The third-order valence-electron chi connectivity index (χ3n) is 3.79. The Morgan fingerprint density at radius 3 is 1.12 bits per heavy atom. The van der Waals surface area contributed by atoms with Crippen LogP contribution in [0.25, 0.3) is 0 Å². The summed E-state index contributed by atoms with van der Waals surface area (Å²) in [4.78, 5) is -8.05. The van der Waals surface area contributed by atoms with Gasteiger partial charge in [-0.25, -0.2) is 0 Å². The van der Waals surface area contributed by atoms with Crippen LogP contribution in [0.5, 0.6) is 0 Å². The summed E-state index contributed by atoms with van der Waals surface area (Å²) in [7, 11) is 0. The molecule has 3 rings (SSSR count). The van der Waals surface area contributed by atoms with Gasteiger partial charge in [0, 0.05) is 0 Å². The molecule has 0 amide bonds. The Hall–Kier alpha value is 0.960. The van der Waals surface area contributed by atoms with Crippen molar-refractivity contribution >= 4 is 77.4 Å². The Bertz CT molecular complexity index is 660. The Labute approximate surface area is 170 Å². The quantitative estimate of drug-likeness (QED) is 0.400. The molecule has 2 aromatic carbocycles. The molecule has 0 radical (unpaired) electrons. The number of rotatable bonds is 4. The standard InChI is InChI=1S/C14H14Cl6N2P2/c15-23(16,17)21(11-13-7-3-1-4-8-13)24(18,19,20)22(23)12-14-9-5-2-6-10-14/h1-10H,11-12H2. The molecule has 0 aromatic heterocycles. The van der Waals surface area contributed by atoms with Crippen LogP contribution >= 0.6 is 77.4 Å². The molecule has 0 bridgehead atoms. The molecule has 1 saturated heterocycles. The molecule has 0 N–H and O–H groups in total. The molecule has 2 nitrogen and oxygen atoms in total. The predicted octanol–water partition coefficient (Wildman–Crippen LogP) is 8.69. The van der Waals surface area contributed by atoms with E-state index in [4.69, 9.17) is 67.4 Å². The fourth-order valence-electron chi connectivity index (χ4n) is 2.59. The summed E-state index contributed by atoms with van der Waals surface area (Å²) >= 11 is 40.0. The summed E-state index contributed by atoms with van der Waals surface area (Å²) in [5.74, 6) is 0. The van der Waals surface area contributed by atoms with Crippen molar-refractivity contribution in [2.75, 3.05) is 0 Å². The molecule has 1 aliphatic rings. The van der Waals surface area contributed by atoms with Gasteiger partial charge in [-0.15, -0.1) is 0 Å². The van der Waals surface area contributed by atoms with Crippen LogP contribution in [-0.4, -0.2) is 8.88 Å². The van der Waals surface area contributed by atoms with E-state index >= 15 is 0 Å². The molecule has 24 heavy (non-hydrogen) atoms. The van der Waals surface area contributed by atoms with Crippen LogP contribution in [0.1, 0.15) is 11.1 Å². The van der Waals surface area contributed by atoms with Gasteiger partial charge in [-0.05, 0) is 0 Å². The second-order valence-electron chi connectivity index (χ2n) is 5.50. The van der Waals surface area contributed by atoms with Gasteiger partial charge in [-0.3, -0.25) is 0 Å². The molecule has 0 saturated carbocycles. The first-order valence-corrected chi connectivity index (χ1v) is 16.7. The molecule has 0 atom stereocenters. The van der Waals surface area contributed by atoms with Crippen LogP contribution in [0.3, 0.4) is 0 Å². The number of hydrogen-bond acceptors (Lipinski definition) is 2. The summed E-state index contributed by atoms with van der Waals surface area (Å²) in [5.41, 5.74) is 1.84. The number of hydrogen-bond donors (Lipinski definition) is 0. The van der Waals surface area contributed by atoms with E-state index in [0.29, 0.717) is 0 Å². The zero-order chi connectivity index (χ0) is 17.7. The Morgan fingerprint density at radius 1 is 0.542 bits per heavy atom. The number of halogens is 6. The number of nitrogens with zero attached hydrogens (tertiary/aromatic N) is 2. The van der Waals surface area contributed by atoms with E-state index in [1.54, 1.807) is 0 Å². The monoisotopic (exact) mass is 482 g/mol. The molecule has 10 heteroatoms. The van der Waals surface area contributed by atoms with Crippen LogP contribution in [0.2, 0.25) is 0 Å². The van der Waals surface area contributed by atoms with Gasteiger partial charge in [0.2, 0.25) is 0 Å². The first kappa shape index (κ1) is 19.7. The van der Waals surface area contributed by atoms with Crippen molar-refractivity contribution in [3.63, 3.8) is 0 Å². The molecule has 2 aromatic rings. The average Bonchev–Trinajstić information content (AvgIpc) is 2.51. The Kier molecular flexibility index (Phi) is 5.13. The van der Waals surface area contributed by atoms with Gasteiger partial charge < -0.3 is 0 Å². The van der Waals surface area contributed by atoms with Crippen molar-refractivity contribution in [2.24, 2.45) is 0 Å².